The van der Waals surface area contributed by atoms with Gasteiger partial charge in [-0.05, 0) is 42.5 Å². The highest BCUT2D eigenvalue weighted by atomic mass is 35.5. The van der Waals surface area contributed by atoms with Gasteiger partial charge in [-0.1, -0.05) is 53.9 Å². The smallest absolute Gasteiger partial charge is 0.236 e. The number of rotatable bonds is 3. The van der Waals surface area contributed by atoms with Gasteiger partial charge in [-0.2, -0.15) is 0 Å². The first-order chi connectivity index (χ1) is 9.66. The summed E-state index contributed by atoms with van der Waals surface area (Å²) in [5.41, 5.74) is 2.72. The van der Waals surface area contributed by atoms with Crippen molar-refractivity contribution in [2.24, 2.45) is 0 Å². The van der Waals surface area contributed by atoms with Gasteiger partial charge >= 0.3 is 0 Å². The third-order valence-electron chi connectivity index (χ3n) is 3.03. The summed E-state index contributed by atoms with van der Waals surface area (Å²) in [5, 5.41) is 0.560. The number of carbonyl (C=O) groups excluding carboxylic acids is 1. The molecule has 0 unspecified atom stereocenters. The van der Waals surface area contributed by atoms with E-state index in [9.17, 15) is 4.79 Å². The van der Waals surface area contributed by atoms with Gasteiger partial charge in [-0.15, -0.1) is 0 Å². The lowest BCUT2D eigenvalue weighted by Gasteiger charge is -2.00. The summed E-state index contributed by atoms with van der Waals surface area (Å²) in [5.74, 6) is 5.46. The summed E-state index contributed by atoms with van der Waals surface area (Å²) in [6.45, 7) is 1.88. The van der Waals surface area contributed by atoms with Crippen LogP contribution in [0.2, 0.25) is 5.02 Å². The van der Waals surface area contributed by atoms with Gasteiger partial charge in [0.25, 0.3) is 0 Å². The van der Waals surface area contributed by atoms with Gasteiger partial charge in [0.05, 0.1) is 0 Å². The van der Waals surface area contributed by atoms with Gasteiger partial charge in [-0.25, -0.2) is 0 Å². The first-order valence-corrected chi connectivity index (χ1v) is 6.88. The normalized spacial score (nSPS) is 9.70. The summed E-state index contributed by atoms with van der Waals surface area (Å²) in [7, 11) is 0. The quantitative estimate of drug-likeness (QED) is 0.461. The van der Waals surface area contributed by atoms with Crippen LogP contribution in [0.5, 0.6) is 0 Å². The van der Waals surface area contributed by atoms with Gasteiger partial charge < -0.3 is 0 Å². The van der Waals surface area contributed by atoms with Crippen LogP contribution in [-0.4, -0.2) is 5.78 Å². The van der Waals surface area contributed by atoms with Crippen LogP contribution < -0.4 is 0 Å². The maximum absolute atomic E-state index is 12.0. The second-order valence-corrected chi connectivity index (χ2v) is 5.01. The molecule has 0 N–H and O–H groups in total. The summed E-state index contributed by atoms with van der Waals surface area (Å²) >= 11 is 5.90. The molecule has 0 fully saturated rings. The molecule has 20 heavy (non-hydrogen) atoms. The molecule has 0 amide bonds. The van der Waals surface area contributed by atoms with Crippen LogP contribution in [0.25, 0.3) is 0 Å². The van der Waals surface area contributed by atoms with E-state index in [1.54, 1.807) is 12.1 Å². The Balaban J connectivity index is 1.98. The summed E-state index contributed by atoms with van der Waals surface area (Å²) < 4.78 is 0. The van der Waals surface area contributed by atoms with Crippen molar-refractivity contribution in [3.05, 3.63) is 70.2 Å². The van der Waals surface area contributed by atoms with Gasteiger partial charge in [0.1, 0.15) is 0 Å². The molecule has 2 heteroatoms. The van der Waals surface area contributed by atoms with Gasteiger partial charge in [0.15, 0.2) is 0 Å². The number of aryl methyl sites for hydroxylation is 2. The number of carbonyl (C=O) groups is 1. The Bertz CT molecular complexity index is 663. The molecular formula is C18H15ClO. The average Bonchev–Trinajstić information content (AvgIpc) is 2.47. The van der Waals surface area contributed by atoms with Crippen molar-refractivity contribution in [1.29, 1.82) is 0 Å². The molecule has 0 heterocycles. The standard InChI is InChI=1S/C18H15ClO/c1-14-11-12-16(19)13-17(14)18(20)10-6-5-9-15-7-3-2-4-8-15/h2-4,7-8,11-13H,5,9H2,1H3. The van der Waals surface area contributed by atoms with Crippen LogP contribution >= 0.6 is 11.6 Å². The molecule has 0 radical (unpaired) electrons. The van der Waals surface area contributed by atoms with Crippen molar-refractivity contribution >= 4 is 17.4 Å². The molecular weight excluding hydrogens is 268 g/mol. The van der Waals surface area contributed by atoms with E-state index in [1.807, 2.05) is 31.2 Å². The van der Waals surface area contributed by atoms with Crippen molar-refractivity contribution in [2.45, 2.75) is 19.8 Å². The molecule has 0 saturated carbocycles. The third kappa shape index (κ3) is 3.98. The number of halogens is 1. The summed E-state index contributed by atoms with van der Waals surface area (Å²) in [4.78, 5) is 12.0. The minimum Gasteiger partial charge on any atom is -0.279 e. The number of hydrogen-bond acceptors (Lipinski definition) is 1. The zero-order valence-corrected chi connectivity index (χ0v) is 12.1. The highest BCUT2D eigenvalue weighted by Gasteiger charge is 2.06. The van der Waals surface area contributed by atoms with E-state index in [1.165, 1.54) is 5.56 Å². The van der Waals surface area contributed by atoms with Crippen LogP contribution in [0.4, 0.5) is 0 Å². The molecule has 0 aliphatic rings. The monoisotopic (exact) mass is 282 g/mol. The highest BCUT2D eigenvalue weighted by Crippen LogP contribution is 2.15. The van der Waals surface area contributed by atoms with Crippen LogP contribution in [0, 0.1) is 18.8 Å². The van der Waals surface area contributed by atoms with E-state index in [4.69, 9.17) is 11.6 Å². The fraction of sp³-hybridized carbons (Fsp3) is 0.167. The maximum atomic E-state index is 12.0. The van der Waals surface area contributed by atoms with E-state index in [0.29, 0.717) is 17.0 Å². The summed E-state index contributed by atoms with van der Waals surface area (Å²) in [6, 6.07) is 15.4. The Morgan fingerprint density at radius 3 is 2.65 bits per heavy atom. The van der Waals surface area contributed by atoms with E-state index in [-0.39, 0.29) is 5.78 Å². The van der Waals surface area contributed by atoms with Crippen LogP contribution in [-0.2, 0) is 6.42 Å². The number of Topliss-reactive ketones (excluding diaryl/α,β-unsaturated/α-hetero) is 1. The molecule has 0 saturated heterocycles. The maximum Gasteiger partial charge on any atom is 0.236 e. The van der Waals surface area contributed by atoms with Gasteiger partial charge in [0.2, 0.25) is 5.78 Å². The fourth-order valence-corrected chi connectivity index (χ4v) is 2.07. The van der Waals surface area contributed by atoms with E-state index in [2.05, 4.69) is 24.0 Å². The second-order valence-electron chi connectivity index (χ2n) is 4.58. The Kier molecular flexibility index (Phi) is 4.98. The van der Waals surface area contributed by atoms with Crippen molar-refractivity contribution in [3.8, 4) is 11.8 Å². The van der Waals surface area contributed by atoms with E-state index >= 15 is 0 Å². The van der Waals surface area contributed by atoms with Crippen molar-refractivity contribution in [2.75, 3.05) is 0 Å². The molecule has 100 valence electrons. The molecule has 0 aliphatic carbocycles. The van der Waals surface area contributed by atoms with E-state index < -0.39 is 0 Å². The predicted octanol–water partition coefficient (Wildman–Crippen LogP) is 4.47. The fourth-order valence-electron chi connectivity index (χ4n) is 1.90. The van der Waals surface area contributed by atoms with Gasteiger partial charge in [-0.3, -0.25) is 4.79 Å². The number of hydrogen-bond donors (Lipinski definition) is 0. The minimum atomic E-state index is -0.168. The zero-order chi connectivity index (χ0) is 14.4. The Morgan fingerprint density at radius 1 is 1.15 bits per heavy atom. The lowest BCUT2D eigenvalue weighted by atomic mass is 10.0. The van der Waals surface area contributed by atoms with Crippen LogP contribution in [0.15, 0.2) is 48.5 Å². The topological polar surface area (TPSA) is 17.1 Å². The molecule has 2 rings (SSSR count). The molecule has 0 bridgehead atoms. The Hall–Kier alpha value is -2.04. The molecule has 0 aromatic heterocycles. The molecule has 0 atom stereocenters. The first kappa shape index (κ1) is 14.4. The number of ketones is 1. The SMILES string of the molecule is Cc1ccc(Cl)cc1C(=O)C#CCCc1ccccc1. The number of benzene rings is 2. The Labute approximate surface area is 124 Å². The minimum absolute atomic E-state index is 0.168. The van der Waals surface area contributed by atoms with E-state index in [0.717, 1.165) is 12.0 Å². The lowest BCUT2D eigenvalue weighted by Crippen LogP contribution is -1.98. The second kappa shape index (κ2) is 6.93. The predicted molar refractivity (Wildman–Crippen MR) is 83.1 cm³/mol. The van der Waals surface area contributed by atoms with Gasteiger partial charge in [0, 0.05) is 17.0 Å². The molecule has 0 spiro atoms. The van der Waals surface area contributed by atoms with Crippen LogP contribution in [0.3, 0.4) is 0 Å². The third-order valence-corrected chi connectivity index (χ3v) is 3.26. The highest BCUT2D eigenvalue weighted by molar-refractivity contribution is 6.31. The Morgan fingerprint density at radius 2 is 1.90 bits per heavy atom. The largest absolute Gasteiger partial charge is 0.279 e. The molecule has 0 aliphatic heterocycles. The zero-order valence-electron chi connectivity index (χ0n) is 11.3. The van der Waals surface area contributed by atoms with Crippen molar-refractivity contribution in [3.63, 3.8) is 0 Å². The van der Waals surface area contributed by atoms with Crippen LogP contribution in [0.1, 0.15) is 27.9 Å². The van der Waals surface area contributed by atoms with Crippen molar-refractivity contribution in [1.82, 2.24) is 0 Å². The summed E-state index contributed by atoms with van der Waals surface area (Å²) in [6.07, 6.45) is 1.53. The lowest BCUT2D eigenvalue weighted by molar-refractivity contribution is 0.105. The molecule has 2 aromatic carbocycles. The molecule has 1 nitrogen and oxygen atoms in total. The molecule has 2 aromatic rings. The van der Waals surface area contributed by atoms with Crippen molar-refractivity contribution < 1.29 is 4.79 Å². The average molecular weight is 283 g/mol. The first-order valence-electron chi connectivity index (χ1n) is 6.50.